The second-order valence-electron chi connectivity index (χ2n) is 5.87. The quantitative estimate of drug-likeness (QED) is 0.778. The maximum absolute atomic E-state index is 6.64. The lowest BCUT2D eigenvalue weighted by atomic mass is 9.70. The smallest absolute Gasteiger partial charge is 0.0783 e. The van der Waals surface area contributed by atoms with Crippen LogP contribution in [0.4, 0.5) is 0 Å². The van der Waals surface area contributed by atoms with E-state index in [0.29, 0.717) is 5.92 Å². The average molecular weight is 257 g/mol. The molecule has 3 saturated heterocycles. The Hall–Kier alpha value is 0.230. The molecule has 2 atom stereocenters. The van der Waals surface area contributed by atoms with Crippen LogP contribution in [0.3, 0.4) is 0 Å². The summed E-state index contributed by atoms with van der Waals surface area (Å²) >= 11 is 2.04. The van der Waals surface area contributed by atoms with Crippen molar-refractivity contribution in [3.05, 3.63) is 0 Å². The molecule has 0 radical (unpaired) electrons. The van der Waals surface area contributed by atoms with Crippen LogP contribution in [-0.2, 0) is 9.47 Å². The van der Waals surface area contributed by atoms with Crippen molar-refractivity contribution in [3.63, 3.8) is 0 Å². The number of ether oxygens (including phenoxy) is 2. The van der Waals surface area contributed by atoms with Crippen molar-refractivity contribution in [2.45, 2.75) is 43.2 Å². The van der Waals surface area contributed by atoms with Crippen molar-refractivity contribution in [1.29, 1.82) is 0 Å². The highest BCUT2D eigenvalue weighted by atomic mass is 32.2. The maximum atomic E-state index is 6.64. The lowest BCUT2D eigenvalue weighted by Gasteiger charge is -2.47. The van der Waals surface area contributed by atoms with Crippen molar-refractivity contribution in [3.8, 4) is 0 Å². The van der Waals surface area contributed by atoms with Crippen molar-refractivity contribution in [2.24, 2.45) is 11.7 Å². The van der Waals surface area contributed by atoms with Crippen LogP contribution in [0.1, 0.15) is 32.1 Å². The molecule has 1 spiro atoms. The van der Waals surface area contributed by atoms with Gasteiger partial charge in [-0.15, -0.1) is 0 Å². The Labute approximate surface area is 108 Å². The van der Waals surface area contributed by atoms with Gasteiger partial charge in [-0.25, -0.2) is 0 Å². The van der Waals surface area contributed by atoms with Crippen molar-refractivity contribution in [2.75, 3.05) is 31.3 Å². The SMILES string of the molecule is NC1(C2CCOC3(CCSC3)C2)CCOCC1. The number of hydrogen-bond acceptors (Lipinski definition) is 4. The summed E-state index contributed by atoms with van der Waals surface area (Å²) in [4.78, 5) is 0. The highest BCUT2D eigenvalue weighted by Gasteiger charge is 2.46. The molecule has 3 rings (SSSR count). The van der Waals surface area contributed by atoms with Gasteiger partial charge in [0.25, 0.3) is 0 Å². The summed E-state index contributed by atoms with van der Waals surface area (Å²) in [6.07, 6.45) is 5.60. The zero-order valence-electron chi connectivity index (χ0n) is 10.5. The van der Waals surface area contributed by atoms with Crippen molar-refractivity contribution >= 4 is 11.8 Å². The van der Waals surface area contributed by atoms with E-state index in [1.807, 2.05) is 11.8 Å². The molecule has 3 nitrogen and oxygen atoms in total. The summed E-state index contributed by atoms with van der Waals surface area (Å²) < 4.78 is 11.5. The third-order valence-corrected chi connectivity index (χ3v) is 6.02. The fourth-order valence-electron chi connectivity index (χ4n) is 3.54. The first kappa shape index (κ1) is 12.3. The van der Waals surface area contributed by atoms with Crippen LogP contribution < -0.4 is 5.73 Å². The highest BCUT2D eigenvalue weighted by molar-refractivity contribution is 7.99. The Bertz CT molecular complexity index is 273. The van der Waals surface area contributed by atoms with Crippen LogP contribution in [0.5, 0.6) is 0 Å². The molecule has 0 bridgehead atoms. The Morgan fingerprint density at radius 2 is 1.94 bits per heavy atom. The molecule has 0 aromatic heterocycles. The molecule has 3 aliphatic rings. The molecule has 0 amide bonds. The van der Waals surface area contributed by atoms with Gasteiger partial charge in [0.2, 0.25) is 0 Å². The summed E-state index contributed by atoms with van der Waals surface area (Å²) in [7, 11) is 0. The van der Waals surface area contributed by atoms with Crippen LogP contribution >= 0.6 is 11.8 Å². The van der Waals surface area contributed by atoms with E-state index < -0.39 is 0 Å². The minimum absolute atomic E-state index is 0.0162. The molecule has 98 valence electrons. The van der Waals surface area contributed by atoms with E-state index in [0.717, 1.165) is 39.1 Å². The van der Waals surface area contributed by atoms with Crippen LogP contribution in [0.25, 0.3) is 0 Å². The number of thioether (sulfide) groups is 1. The minimum Gasteiger partial charge on any atom is -0.381 e. The zero-order valence-corrected chi connectivity index (χ0v) is 11.3. The third-order valence-electron chi connectivity index (χ3n) is 4.80. The molecule has 0 aromatic rings. The lowest BCUT2D eigenvalue weighted by molar-refractivity contribution is -0.103. The van der Waals surface area contributed by atoms with Gasteiger partial charge in [0.1, 0.15) is 0 Å². The van der Waals surface area contributed by atoms with Crippen molar-refractivity contribution < 1.29 is 9.47 Å². The summed E-state index contributed by atoms with van der Waals surface area (Å²) in [5.41, 5.74) is 6.82. The molecule has 2 N–H and O–H groups in total. The van der Waals surface area contributed by atoms with Crippen LogP contribution in [0.15, 0.2) is 0 Å². The van der Waals surface area contributed by atoms with E-state index in [1.165, 1.54) is 24.3 Å². The monoisotopic (exact) mass is 257 g/mol. The largest absolute Gasteiger partial charge is 0.381 e. The van der Waals surface area contributed by atoms with Gasteiger partial charge < -0.3 is 15.2 Å². The Morgan fingerprint density at radius 1 is 1.12 bits per heavy atom. The minimum atomic E-state index is 0.0162. The highest BCUT2D eigenvalue weighted by Crippen LogP contribution is 2.44. The maximum Gasteiger partial charge on any atom is 0.0783 e. The molecule has 3 heterocycles. The molecular weight excluding hydrogens is 234 g/mol. The third kappa shape index (κ3) is 2.37. The molecule has 3 fully saturated rings. The predicted octanol–water partition coefficient (Wildman–Crippen LogP) is 1.80. The summed E-state index contributed by atoms with van der Waals surface area (Å²) in [5.74, 6) is 3.07. The number of rotatable bonds is 1. The van der Waals surface area contributed by atoms with Gasteiger partial charge in [0.15, 0.2) is 0 Å². The van der Waals surface area contributed by atoms with E-state index in [-0.39, 0.29) is 11.1 Å². The van der Waals surface area contributed by atoms with Crippen molar-refractivity contribution in [1.82, 2.24) is 0 Å². The first-order chi connectivity index (χ1) is 8.23. The number of hydrogen-bond donors (Lipinski definition) is 1. The van der Waals surface area contributed by atoms with Crippen LogP contribution in [0, 0.1) is 5.92 Å². The second kappa shape index (κ2) is 4.72. The van der Waals surface area contributed by atoms with Gasteiger partial charge in [-0.1, -0.05) is 0 Å². The Morgan fingerprint density at radius 3 is 2.65 bits per heavy atom. The summed E-state index contributed by atoms with van der Waals surface area (Å²) in [6.45, 7) is 2.59. The topological polar surface area (TPSA) is 44.5 Å². The fraction of sp³-hybridized carbons (Fsp3) is 1.00. The molecular formula is C13H23NO2S. The second-order valence-corrected chi connectivity index (χ2v) is 6.97. The molecule has 2 unspecified atom stereocenters. The molecule has 0 saturated carbocycles. The first-order valence-corrected chi connectivity index (χ1v) is 7.96. The normalized spacial score (nSPS) is 41.8. The van der Waals surface area contributed by atoms with E-state index >= 15 is 0 Å². The molecule has 0 aliphatic carbocycles. The van der Waals surface area contributed by atoms with Gasteiger partial charge in [-0.3, -0.25) is 0 Å². The van der Waals surface area contributed by atoms with Gasteiger partial charge in [0.05, 0.1) is 5.60 Å². The van der Waals surface area contributed by atoms with E-state index in [1.54, 1.807) is 0 Å². The Balaban J connectivity index is 1.70. The molecule has 17 heavy (non-hydrogen) atoms. The molecule has 0 aromatic carbocycles. The summed E-state index contributed by atoms with van der Waals surface area (Å²) in [5, 5.41) is 0. The number of nitrogens with two attached hydrogens (primary N) is 1. The molecule has 3 aliphatic heterocycles. The Kier molecular flexibility index (Phi) is 3.41. The summed E-state index contributed by atoms with van der Waals surface area (Å²) in [6, 6.07) is 0. The van der Waals surface area contributed by atoms with Crippen LogP contribution in [-0.4, -0.2) is 42.5 Å². The first-order valence-electron chi connectivity index (χ1n) is 6.81. The predicted molar refractivity (Wildman–Crippen MR) is 70.3 cm³/mol. The van der Waals surface area contributed by atoms with Gasteiger partial charge in [-0.05, 0) is 43.8 Å². The van der Waals surface area contributed by atoms with Crippen LogP contribution in [0.2, 0.25) is 0 Å². The van der Waals surface area contributed by atoms with E-state index in [9.17, 15) is 0 Å². The average Bonchev–Trinajstić information content (AvgIpc) is 2.78. The van der Waals surface area contributed by atoms with Gasteiger partial charge in [-0.2, -0.15) is 11.8 Å². The molecule has 4 heteroatoms. The lowest BCUT2D eigenvalue weighted by Crippen LogP contribution is -2.56. The van der Waals surface area contributed by atoms with E-state index in [4.69, 9.17) is 15.2 Å². The van der Waals surface area contributed by atoms with E-state index in [2.05, 4.69) is 0 Å². The van der Waals surface area contributed by atoms with Gasteiger partial charge in [0, 0.05) is 31.1 Å². The van der Waals surface area contributed by atoms with Gasteiger partial charge >= 0.3 is 0 Å². The standard InChI is InChI=1S/C13H23NO2S/c14-13(2-6-15-7-3-13)11-1-5-16-12(9-11)4-8-17-10-12/h11H,1-10,14H2. The fourth-order valence-corrected chi connectivity index (χ4v) is 4.92. The zero-order chi connectivity index (χ0) is 11.8.